The van der Waals surface area contributed by atoms with Crippen molar-refractivity contribution in [2.45, 2.75) is 32.6 Å². The van der Waals surface area contributed by atoms with Crippen molar-refractivity contribution in [1.29, 1.82) is 0 Å². The number of hydrogen-bond acceptors (Lipinski definition) is 3. The zero-order valence-electron chi connectivity index (χ0n) is 8.86. The summed E-state index contributed by atoms with van der Waals surface area (Å²) >= 11 is 0. The molecule has 4 nitrogen and oxygen atoms in total. The monoisotopic (exact) mass is 212 g/mol. The van der Waals surface area contributed by atoms with E-state index in [9.17, 15) is 9.59 Å². The second kappa shape index (κ2) is 3.51. The van der Waals surface area contributed by atoms with Gasteiger partial charge < -0.3 is 9.84 Å². The van der Waals surface area contributed by atoms with E-state index in [2.05, 4.69) is 0 Å². The molecule has 0 aromatic carbocycles. The highest BCUT2D eigenvalue weighted by Gasteiger charge is 2.57. The summed E-state index contributed by atoms with van der Waals surface area (Å²) < 4.78 is 4.93. The Kier molecular flexibility index (Phi) is 2.44. The number of carbonyl (C=O) groups is 2. The van der Waals surface area contributed by atoms with Gasteiger partial charge in [-0.05, 0) is 38.0 Å². The zero-order chi connectivity index (χ0) is 11.1. The maximum Gasteiger partial charge on any atom is 0.309 e. The van der Waals surface area contributed by atoms with Crippen LogP contribution in [0.25, 0.3) is 0 Å². The van der Waals surface area contributed by atoms with Crippen LogP contribution in [0, 0.1) is 17.3 Å². The predicted octanol–water partition coefficient (Wildman–Crippen LogP) is 1.44. The smallest absolute Gasteiger partial charge is 0.309 e. The van der Waals surface area contributed by atoms with Crippen LogP contribution in [0.5, 0.6) is 0 Å². The number of ether oxygens (including phenoxy) is 1. The molecule has 84 valence electrons. The predicted molar refractivity (Wildman–Crippen MR) is 52.1 cm³/mol. The molecule has 15 heavy (non-hydrogen) atoms. The number of esters is 1. The molecule has 0 aromatic rings. The first-order chi connectivity index (χ1) is 7.08. The Morgan fingerprint density at radius 2 is 1.93 bits per heavy atom. The quantitative estimate of drug-likeness (QED) is 0.719. The average Bonchev–Trinajstić information content (AvgIpc) is 2.77. The van der Waals surface area contributed by atoms with E-state index >= 15 is 0 Å². The van der Waals surface area contributed by atoms with Gasteiger partial charge in [0, 0.05) is 0 Å². The van der Waals surface area contributed by atoms with Crippen molar-refractivity contribution in [2.24, 2.45) is 17.3 Å². The molecule has 0 bridgehead atoms. The van der Waals surface area contributed by atoms with E-state index in [4.69, 9.17) is 9.84 Å². The molecule has 2 fully saturated rings. The molecule has 0 unspecified atom stereocenters. The zero-order valence-corrected chi connectivity index (χ0v) is 8.86. The van der Waals surface area contributed by atoms with Crippen LogP contribution in [-0.2, 0) is 14.3 Å². The van der Waals surface area contributed by atoms with Crippen molar-refractivity contribution in [3.05, 3.63) is 0 Å². The number of carboxylic acids is 1. The first-order valence-corrected chi connectivity index (χ1v) is 5.47. The SMILES string of the molecule is CCOC(=O)[C@@H]1CC2(CC2)C[C@H]1C(=O)O. The summed E-state index contributed by atoms with van der Waals surface area (Å²) in [6.45, 7) is 2.07. The standard InChI is InChI=1S/C11H16O4/c1-2-15-10(14)8-6-11(3-4-11)5-7(8)9(12)13/h7-8H,2-6H2,1H3,(H,12,13)/t7-,8-/m1/s1. The summed E-state index contributed by atoms with van der Waals surface area (Å²) in [5.41, 5.74) is 0.167. The third kappa shape index (κ3) is 1.85. The molecular weight excluding hydrogens is 196 g/mol. The minimum atomic E-state index is -0.850. The molecule has 0 saturated heterocycles. The maximum atomic E-state index is 11.6. The van der Waals surface area contributed by atoms with Crippen molar-refractivity contribution in [1.82, 2.24) is 0 Å². The van der Waals surface area contributed by atoms with E-state index in [1.165, 1.54) is 0 Å². The Balaban J connectivity index is 2.08. The van der Waals surface area contributed by atoms with Crippen LogP contribution in [0.1, 0.15) is 32.6 Å². The van der Waals surface area contributed by atoms with Crippen molar-refractivity contribution in [2.75, 3.05) is 6.61 Å². The van der Waals surface area contributed by atoms with Crippen LogP contribution >= 0.6 is 0 Å². The molecule has 2 aliphatic rings. The number of carbonyl (C=O) groups excluding carboxylic acids is 1. The number of hydrogen-bond donors (Lipinski definition) is 1. The van der Waals surface area contributed by atoms with Crippen LogP contribution in [0.15, 0.2) is 0 Å². The van der Waals surface area contributed by atoms with Gasteiger partial charge in [0.15, 0.2) is 0 Å². The highest BCUT2D eigenvalue weighted by atomic mass is 16.5. The molecule has 0 radical (unpaired) electrons. The molecule has 1 spiro atoms. The molecule has 0 heterocycles. The van der Waals surface area contributed by atoms with Gasteiger partial charge >= 0.3 is 11.9 Å². The van der Waals surface area contributed by atoms with Gasteiger partial charge in [0.2, 0.25) is 0 Å². The average molecular weight is 212 g/mol. The van der Waals surface area contributed by atoms with E-state index < -0.39 is 17.8 Å². The Bertz CT molecular complexity index is 293. The lowest BCUT2D eigenvalue weighted by Crippen LogP contribution is -2.26. The fourth-order valence-corrected chi connectivity index (χ4v) is 2.64. The van der Waals surface area contributed by atoms with Crippen LogP contribution in [0.2, 0.25) is 0 Å². The van der Waals surface area contributed by atoms with Crippen LogP contribution < -0.4 is 0 Å². The first-order valence-electron chi connectivity index (χ1n) is 5.47. The van der Waals surface area contributed by atoms with Crippen molar-refractivity contribution in [3.8, 4) is 0 Å². The van der Waals surface area contributed by atoms with Gasteiger partial charge in [-0.25, -0.2) is 0 Å². The third-order valence-corrected chi connectivity index (χ3v) is 3.66. The first kappa shape index (κ1) is 10.5. The summed E-state index contributed by atoms with van der Waals surface area (Å²) in [6, 6.07) is 0. The summed E-state index contributed by atoms with van der Waals surface area (Å²) in [4.78, 5) is 22.6. The molecule has 4 heteroatoms. The topological polar surface area (TPSA) is 63.6 Å². The molecule has 1 N–H and O–H groups in total. The Hall–Kier alpha value is -1.06. The summed E-state index contributed by atoms with van der Waals surface area (Å²) in [5.74, 6) is -2.11. The van der Waals surface area contributed by atoms with E-state index in [0.29, 0.717) is 19.4 Å². The molecule has 0 aromatic heterocycles. The summed E-state index contributed by atoms with van der Waals surface area (Å²) in [6.07, 6.45) is 3.52. The second-order valence-corrected chi connectivity index (χ2v) is 4.71. The minimum Gasteiger partial charge on any atom is -0.481 e. The van der Waals surface area contributed by atoms with E-state index in [1.54, 1.807) is 6.92 Å². The van der Waals surface area contributed by atoms with Gasteiger partial charge in [0.1, 0.15) is 0 Å². The van der Waals surface area contributed by atoms with E-state index in [0.717, 1.165) is 12.8 Å². The largest absolute Gasteiger partial charge is 0.481 e. The van der Waals surface area contributed by atoms with E-state index in [1.807, 2.05) is 0 Å². The fraction of sp³-hybridized carbons (Fsp3) is 0.818. The fourth-order valence-electron chi connectivity index (χ4n) is 2.64. The highest BCUT2D eigenvalue weighted by molar-refractivity contribution is 5.82. The molecule has 2 saturated carbocycles. The molecule has 0 amide bonds. The van der Waals surface area contributed by atoms with Gasteiger partial charge in [-0.3, -0.25) is 9.59 Å². The maximum absolute atomic E-state index is 11.6. The van der Waals surface area contributed by atoms with Crippen molar-refractivity contribution >= 4 is 11.9 Å². The van der Waals surface area contributed by atoms with Gasteiger partial charge in [0.25, 0.3) is 0 Å². The van der Waals surface area contributed by atoms with Gasteiger partial charge in [-0.15, -0.1) is 0 Å². The number of aliphatic carboxylic acids is 1. The third-order valence-electron chi connectivity index (χ3n) is 3.66. The molecule has 2 rings (SSSR count). The number of carboxylic acid groups (broad SMARTS) is 1. The van der Waals surface area contributed by atoms with Crippen LogP contribution in [0.4, 0.5) is 0 Å². The molecule has 2 aliphatic carbocycles. The summed E-state index contributed by atoms with van der Waals surface area (Å²) in [5, 5.41) is 9.05. The van der Waals surface area contributed by atoms with Gasteiger partial charge in [0.05, 0.1) is 18.4 Å². The lowest BCUT2D eigenvalue weighted by atomic mass is 9.96. The Labute approximate surface area is 88.6 Å². The second-order valence-electron chi connectivity index (χ2n) is 4.71. The molecular formula is C11H16O4. The van der Waals surface area contributed by atoms with Crippen molar-refractivity contribution < 1.29 is 19.4 Å². The van der Waals surface area contributed by atoms with Gasteiger partial charge in [-0.2, -0.15) is 0 Å². The van der Waals surface area contributed by atoms with Crippen LogP contribution in [0.3, 0.4) is 0 Å². The Morgan fingerprint density at radius 1 is 1.33 bits per heavy atom. The lowest BCUT2D eigenvalue weighted by Gasteiger charge is -2.13. The Morgan fingerprint density at radius 3 is 2.40 bits per heavy atom. The van der Waals surface area contributed by atoms with E-state index in [-0.39, 0.29) is 11.4 Å². The van der Waals surface area contributed by atoms with Gasteiger partial charge in [-0.1, -0.05) is 0 Å². The number of rotatable bonds is 3. The molecule has 0 aliphatic heterocycles. The summed E-state index contributed by atoms with van der Waals surface area (Å²) in [7, 11) is 0. The lowest BCUT2D eigenvalue weighted by molar-refractivity contribution is -0.156. The normalized spacial score (nSPS) is 31.5. The van der Waals surface area contributed by atoms with Crippen LogP contribution in [-0.4, -0.2) is 23.7 Å². The highest BCUT2D eigenvalue weighted by Crippen LogP contribution is 2.61. The molecule has 2 atom stereocenters. The minimum absolute atomic E-state index is 0.167. The van der Waals surface area contributed by atoms with Crippen molar-refractivity contribution in [3.63, 3.8) is 0 Å².